The Morgan fingerprint density at radius 2 is 2.05 bits per heavy atom. The van der Waals surface area contributed by atoms with Gasteiger partial charge in [-0.3, -0.25) is 9.69 Å². The Morgan fingerprint density at radius 1 is 1.41 bits per heavy atom. The normalized spacial score (nSPS) is 21.7. The van der Waals surface area contributed by atoms with E-state index in [0.717, 1.165) is 5.56 Å². The van der Waals surface area contributed by atoms with Crippen LogP contribution in [0.5, 0.6) is 0 Å². The Labute approximate surface area is 130 Å². The molecule has 0 unspecified atom stereocenters. The van der Waals surface area contributed by atoms with Crippen LogP contribution in [0.2, 0.25) is 0 Å². The molecule has 1 saturated heterocycles. The molecule has 2 rings (SSSR count). The largest absolute Gasteiger partial charge is 0.351 e. The lowest BCUT2D eigenvalue weighted by molar-refractivity contribution is -0.122. The van der Waals surface area contributed by atoms with Crippen LogP contribution < -0.4 is 5.32 Å². The van der Waals surface area contributed by atoms with Crippen molar-refractivity contribution in [2.45, 2.75) is 25.4 Å². The van der Waals surface area contributed by atoms with Crippen molar-refractivity contribution in [1.82, 2.24) is 10.2 Å². The van der Waals surface area contributed by atoms with E-state index >= 15 is 0 Å². The third-order valence-corrected chi connectivity index (χ3v) is 5.77. The highest BCUT2D eigenvalue weighted by atomic mass is 32.2. The maximum atomic E-state index is 12.9. The van der Waals surface area contributed by atoms with Crippen molar-refractivity contribution >= 4 is 15.7 Å². The average Bonchev–Trinajstić information content (AvgIpc) is 2.77. The van der Waals surface area contributed by atoms with E-state index in [2.05, 4.69) is 5.32 Å². The summed E-state index contributed by atoms with van der Waals surface area (Å²) in [6.07, 6.45) is 0.477. The molecule has 0 spiro atoms. The van der Waals surface area contributed by atoms with Crippen LogP contribution in [0.15, 0.2) is 24.3 Å². The van der Waals surface area contributed by atoms with Gasteiger partial charge in [-0.2, -0.15) is 0 Å². The molecule has 1 aromatic carbocycles. The zero-order valence-electron chi connectivity index (χ0n) is 12.8. The molecule has 5 nitrogen and oxygen atoms in total. The minimum absolute atomic E-state index is 0.0238. The Kier molecular flexibility index (Phi) is 5.18. The molecule has 2 atom stereocenters. The fourth-order valence-corrected chi connectivity index (χ4v) is 4.21. The SMILES string of the molecule is C[C@H](c1ccc(F)cc1)N(C)CC(=O)N[C@H]1CCS(=O)(=O)C1. The minimum Gasteiger partial charge on any atom is -0.351 e. The number of nitrogens with zero attached hydrogens (tertiary/aromatic N) is 1. The van der Waals surface area contributed by atoms with Crippen molar-refractivity contribution in [3.63, 3.8) is 0 Å². The van der Waals surface area contributed by atoms with Crippen LogP contribution in [0.25, 0.3) is 0 Å². The maximum Gasteiger partial charge on any atom is 0.234 e. The molecule has 22 heavy (non-hydrogen) atoms. The highest BCUT2D eigenvalue weighted by Crippen LogP contribution is 2.18. The molecule has 1 fully saturated rings. The maximum absolute atomic E-state index is 12.9. The van der Waals surface area contributed by atoms with E-state index in [0.29, 0.717) is 6.42 Å². The highest BCUT2D eigenvalue weighted by Gasteiger charge is 2.29. The van der Waals surface area contributed by atoms with Gasteiger partial charge in [0.15, 0.2) is 9.84 Å². The van der Waals surface area contributed by atoms with E-state index in [9.17, 15) is 17.6 Å². The first-order valence-electron chi connectivity index (χ1n) is 7.22. The lowest BCUT2D eigenvalue weighted by atomic mass is 10.1. The number of hydrogen-bond acceptors (Lipinski definition) is 4. The summed E-state index contributed by atoms with van der Waals surface area (Å²) in [5, 5.41) is 2.76. The number of carbonyl (C=O) groups is 1. The Morgan fingerprint density at radius 3 is 2.59 bits per heavy atom. The molecular weight excluding hydrogens is 307 g/mol. The number of sulfone groups is 1. The third-order valence-electron chi connectivity index (χ3n) is 4.00. The summed E-state index contributed by atoms with van der Waals surface area (Å²) in [5.74, 6) is -0.326. The molecule has 0 saturated carbocycles. The van der Waals surface area contributed by atoms with Crippen molar-refractivity contribution in [3.05, 3.63) is 35.6 Å². The first-order chi connectivity index (χ1) is 10.3. The topological polar surface area (TPSA) is 66.5 Å². The van der Waals surface area contributed by atoms with Crippen molar-refractivity contribution in [3.8, 4) is 0 Å². The Bertz CT molecular complexity index is 631. The lowest BCUT2D eigenvalue weighted by Gasteiger charge is -2.25. The second kappa shape index (κ2) is 6.75. The molecule has 1 amide bonds. The van der Waals surface area contributed by atoms with E-state index in [1.165, 1.54) is 12.1 Å². The van der Waals surface area contributed by atoms with Crippen molar-refractivity contribution < 1.29 is 17.6 Å². The predicted molar refractivity (Wildman–Crippen MR) is 82.6 cm³/mol. The second-order valence-corrected chi connectivity index (χ2v) is 8.04. The number of amides is 1. The molecule has 1 heterocycles. The van der Waals surface area contributed by atoms with Gasteiger partial charge in [-0.15, -0.1) is 0 Å². The minimum atomic E-state index is -3.00. The number of halogens is 1. The van der Waals surface area contributed by atoms with Gasteiger partial charge in [0.2, 0.25) is 5.91 Å². The smallest absolute Gasteiger partial charge is 0.234 e. The first kappa shape index (κ1) is 16.9. The van der Waals surface area contributed by atoms with E-state index < -0.39 is 9.84 Å². The molecular formula is C15H21FN2O3S. The van der Waals surface area contributed by atoms with Crippen LogP contribution in [0.3, 0.4) is 0 Å². The van der Waals surface area contributed by atoms with Gasteiger partial charge in [0.1, 0.15) is 5.82 Å². The monoisotopic (exact) mass is 328 g/mol. The average molecular weight is 328 g/mol. The molecule has 0 radical (unpaired) electrons. The predicted octanol–water partition coefficient (Wildman–Crippen LogP) is 1.12. The molecule has 0 aromatic heterocycles. The zero-order chi connectivity index (χ0) is 16.3. The standard InChI is InChI=1S/C15H21FN2O3S/c1-11(12-3-5-13(16)6-4-12)18(2)9-15(19)17-14-7-8-22(20,21)10-14/h3-6,11,14H,7-10H2,1-2H3,(H,17,19)/t11-,14+/m1/s1. The molecule has 0 bridgehead atoms. The van der Waals surface area contributed by atoms with E-state index in [1.54, 1.807) is 19.2 Å². The summed E-state index contributed by atoms with van der Waals surface area (Å²) < 4.78 is 35.7. The summed E-state index contributed by atoms with van der Waals surface area (Å²) in [5.41, 5.74) is 0.917. The highest BCUT2D eigenvalue weighted by molar-refractivity contribution is 7.91. The molecule has 1 N–H and O–H groups in total. The molecule has 7 heteroatoms. The van der Waals surface area contributed by atoms with Gasteiger partial charge in [-0.05, 0) is 38.1 Å². The summed E-state index contributed by atoms with van der Waals surface area (Å²) >= 11 is 0. The molecule has 1 aliphatic heterocycles. The second-order valence-electron chi connectivity index (χ2n) is 5.81. The van der Waals surface area contributed by atoms with Gasteiger partial charge in [-0.1, -0.05) is 12.1 Å². The van der Waals surface area contributed by atoms with Crippen molar-refractivity contribution in [2.75, 3.05) is 25.1 Å². The molecule has 0 aliphatic carbocycles. The fraction of sp³-hybridized carbons (Fsp3) is 0.533. The van der Waals surface area contributed by atoms with Gasteiger partial charge in [-0.25, -0.2) is 12.8 Å². The summed E-state index contributed by atoms with van der Waals surface area (Å²) in [7, 11) is -1.19. The molecule has 1 aromatic rings. The van der Waals surface area contributed by atoms with Gasteiger partial charge < -0.3 is 5.32 Å². The van der Waals surface area contributed by atoms with Crippen LogP contribution in [0.4, 0.5) is 4.39 Å². The number of nitrogens with one attached hydrogen (secondary N) is 1. The Balaban J connectivity index is 1.87. The van der Waals surface area contributed by atoms with Crippen LogP contribution >= 0.6 is 0 Å². The lowest BCUT2D eigenvalue weighted by Crippen LogP contribution is -2.42. The van der Waals surface area contributed by atoms with E-state index in [4.69, 9.17) is 0 Å². The van der Waals surface area contributed by atoms with Crippen LogP contribution in [0, 0.1) is 5.82 Å². The number of benzene rings is 1. The van der Waals surface area contributed by atoms with Gasteiger partial charge >= 0.3 is 0 Å². The zero-order valence-corrected chi connectivity index (χ0v) is 13.6. The summed E-state index contributed by atoms with van der Waals surface area (Å²) in [4.78, 5) is 13.8. The van der Waals surface area contributed by atoms with Crippen LogP contribution in [-0.4, -0.2) is 50.4 Å². The van der Waals surface area contributed by atoms with Gasteiger partial charge in [0.25, 0.3) is 0 Å². The molecule has 1 aliphatic rings. The summed E-state index contributed by atoms with van der Waals surface area (Å²) in [6, 6.07) is 5.84. The number of likely N-dealkylation sites (N-methyl/N-ethyl adjacent to an activating group) is 1. The van der Waals surface area contributed by atoms with Gasteiger partial charge in [0.05, 0.1) is 18.1 Å². The van der Waals surface area contributed by atoms with Crippen molar-refractivity contribution in [2.24, 2.45) is 0 Å². The number of hydrogen-bond donors (Lipinski definition) is 1. The van der Waals surface area contributed by atoms with E-state index in [-0.39, 0.29) is 41.9 Å². The van der Waals surface area contributed by atoms with Crippen LogP contribution in [-0.2, 0) is 14.6 Å². The molecule has 122 valence electrons. The Hall–Kier alpha value is -1.47. The number of rotatable bonds is 5. The van der Waals surface area contributed by atoms with Crippen LogP contribution in [0.1, 0.15) is 24.9 Å². The van der Waals surface area contributed by atoms with Gasteiger partial charge in [0, 0.05) is 12.1 Å². The van der Waals surface area contributed by atoms with Crippen molar-refractivity contribution in [1.29, 1.82) is 0 Å². The first-order valence-corrected chi connectivity index (χ1v) is 9.04. The quantitative estimate of drug-likeness (QED) is 0.880. The number of carbonyl (C=O) groups excluding carboxylic acids is 1. The fourth-order valence-electron chi connectivity index (χ4n) is 2.54. The van der Waals surface area contributed by atoms with E-state index in [1.807, 2.05) is 11.8 Å². The summed E-state index contributed by atoms with van der Waals surface area (Å²) in [6.45, 7) is 2.09. The third kappa shape index (κ3) is 4.51.